The van der Waals surface area contributed by atoms with Gasteiger partial charge in [0.1, 0.15) is 11.0 Å². The van der Waals surface area contributed by atoms with Gasteiger partial charge in [-0.15, -0.1) is 10.2 Å². The van der Waals surface area contributed by atoms with Gasteiger partial charge in [-0.05, 0) is 35.9 Å². The summed E-state index contributed by atoms with van der Waals surface area (Å²) in [6, 6.07) is 23.5. The average molecular weight is 586 g/mol. The van der Waals surface area contributed by atoms with E-state index in [2.05, 4.69) is 52.7 Å². The number of hydrogen-bond acceptors (Lipinski definition) is 5. The highest BCUT2D eigenvalue weighted by Gasteiger charge is 2.23. The van der Waals surface area contributed by atoms with Gasteiger partial charge in [-0.2, -0.15) is 0 Å². The summed E-state index contributed by atoms with van der Waals surface area (Å²) in [5.41, 5.74) is 2.30. The van der Waals surface area contributed by atoms with Gasteiger partial charge in [0.2, 0.25) is 11.0 Å². The molecule has 4 rings (SSSR count). The molecule has 0 saturated heterocycles. The molecule has 0 fully saturated rings. The number of anilines is 1. The van der Waals surface area contributed by atoms with E-state index >= 15 is 0 Å². The number of carbonyl (C=O) groups is 2. The first-order chi connectivity index (χ1) is 16.0. The van der Waals surface area contributed by atoms with Crippen LogP contribution in [0.1, 0.15) is 15.9 Å². The largest absolute Gasteiger partial charge is 0.340 e. The van der Waals surface area contributed by atoms with Crippen LogP contribution in [0.25, 0.3) is 10.6 Å². The minimum Gasteiger partial charge on any atom is -0.340 e. The number of amides is 2. The van der Waals surface area contributed by atoms with Crippen molar-refractivity contribution in [1.82, 2.24) is 15.5 Å². The smallest absolute Gasteiger partial charge is 0.251 e. The molecule has 3 aromatic carbocycles. The molecule has 166 valence electrons. The standard InChI is InChI=1S/C24H18Br2N4O2S/c25-18-11-9-16(10-12-18)23-29-30-24(33-23)28-22(32)20(13-15-5-2-1-3-6-15)27-21(31)17-7-4-8-19(26)14-17/h1-12,14,20H,13H2,(H,27,31)(H,28,30,32)/t20-/m0/s1. The third kappa shape index (κ3) is 6.34. The molecule has 0 bridgehead atoms. The first-order valence-corrected chi connectivity index (χ1v) is 12.4. The van der Waals surface area contributed by atoms with Crippen LogP contribution >= 0.6 is 43.2 Å². The van der Waals surface area contributed by atoms with Gasteiger partial charge in [-0.25, -0.2) is 0 Å². The van der Waals surface area contributed by atoms with Crippen molar-refractivity contribution in [2.75, 3.05) is 5.32 Å². The molecule has 6 nitrogen and oxygen atoms in total. The lowest BCUT2D eigenvalue weighted by Gasteiger charge is -2.18. The van der Waals surface area contributed by atoms with E-state index < -0.39 is 6.04 Å². The predicted molar refractivity (Wildman–Crippen MR) is 137 cm³/mol. The van der Waals surface area contributed by atoms with E-state index in [0.29, 0.717) is 22.1 Å². The lowest BCUT2D eigenvalue weighted by atomic mass is 10.0. The van der Waals surface area contributed by atoms with Gasteiger partial charge in [-0.3, -0.25) is 14.9 Å². The number of hydrogen-bond donors (Lipinski definition) is 2. The van der Waals surface area contributed by atoms with Crippen molar-refractivity contribution in [3.05, 3.63) is 98.9 Å². The van der Waals surface area contributed by atoms with Crippen molar-refractivity contribution in [3.63, 3.8) is 0 Å². The van der Waals surface area contributed by atoms with Crippen molar-refractivity contribution >= 4 is 60.1 Å². The Morgan fingerprint density at radius 2 is 1.64 bits per heavy atom. The zero-order chi connectivity index (χ0) is 23.2. The zero-order valence-corrected chi connectivity index (χ0v) is 21.2. The number of nitrogens with zero attached hydrogens (tertiary/aromatic N) is 2. The number of carbonyl (C=O) groups excluding carboxylic acids is 2. The topological polar surface area (TPSA) is 84.0 Å². The van der Waals surface area contributed by atoms with Crippen LogP contribution in [0.5, 0.6) is 0 Å². The van der Waals surface area contributed by atoms with Crippen molar-refractivity contribution < 1.29 is 9.59 Å². The van der Waals surface area contributed by atoms with Crippen molar-refractivity contribution in [3.8, 4) is 10.6 Å². The molecule has 0 saturated carbocycles. The fraction of sp³-hybridized carbons (Fsp3) is 0.0833. The molecule has 0 radical (unpaired) electrons. The summed E-state index contributed by atoms with van der Waals surface area (Å²) in [4.78, 5) is 26.0. The molecule has 1 atom stereocenters. The first kappa shape index (κ1) is 23.3. The number of aromatic nitrogens is 2. The molecular formula is C24H18Br2N4O2S. The summed E-state index contributed by atoms with van der Waals surface area (Å²) in [5.74, 6) is -0.694. The van der Waals surface area contributed by atoms with E-state index in [9.17, 15) is 9.59 Å². The molecule has 2 N–H and O–H groups in total. The summed E-state index contributed by atoms with van der Waals surface area (Å²) in [5, 5.41) is 15.0. The van der Waals surface area contributed by atoms with Crippen LogP contribution in [0.3, 0.4) is 0 Å². The van der Waals surface area contributed by atoms with E-state index in [1.807, 2.05) is 60.7 Å². The molecule has 9 heteroatoms. The molecule has 1 aromatic heterocycles. The maximum Gasteiger partial charge on any atom is 0.251 e. The van der Waals surface area contributed by atoms with E-state index in [1.54, 1.807) is 18.2 Å². The Balaban J connectivity index is 1.51. The zero-order valence-electron chi connectivity index (χ0n) is 17.2. The third-order valence-electron chi connectivity index (χ3n) is 4.74. The first-order valence-electron chi connectivity index (χ1n) is 9.98. The van der Waals surface area contributed by atoms with Crippen LogP contribution in [-0.2, 0) is 11.2 Å². The van der Waals surface area contributed by atoms with Crippen LogP contribution in [0.4, 0.5) is 5.13 Å². The van der Waals surface area contributed by atoms with Crippen molar-refractivity contribution in [1.29, 1.82) is 0 Å². The molecule has 0 aliphatic rings. The molecule has 2 amide bonds. The van der Waals surface area contributed by atoms with E-state index in [1.165, 1.54) is 11.3 Å². The number of halogens is 2. The lowest BCUT2D eigenvalue weighted by molar-refractivity contribution is -0.118. The monoisotopic (exact) mass is 584 g/mol. The van der Waals surface area contributed by atoms with Gasteiger partial charge in [0.15, 0.2) is 0 Å². The second-order valence-electron chi connectivity index (χ2n) is 7.13. The average Bonchev–Trinajstić information content (AvgIpc) is 3.28. The second-order valence-corrected chi connectivity index (χ2v) is 9.94. The van der Waals surface area contributed by atoms with Crippen molar-refractivity contribution in [2.45, 2.75) is 12.5 Å². The van der Waals surface area contributed by atoms with Gasteiger partial charge in [-0.1, -0.05) is 91.7 Å². The van der Waals surface area contributed by atoms with Crippen LogP contribution in [-0.4, -0.2) is 28.1 Å². The molecule has 33 heavy (non-hydrogen) atoms. The van der Waals surface area contributed by atoms with Gasteiger partial charge in [0, 0.05) is 26.5 Å². The highest BCUT2D eigenvalue weighted by atomic mass is 79.9. The number of benzene rings is 3. The number of rotatable bonds is 7. The third-order valence-corrected chi connectivity index (χ3v) is 6.65. The van der Waals surface area contributed by atoms with Crippen LogP contribution in [0.2, 0.25) is 0 Å². The van der Waals surface area contributed by atoms with Crippen LogP contribution < -0.4 is 10.6 Å². The molecule has 0 unspecified atom stereocenters. The summed E-state index contributed by atoms with van der Waals surface area (Å²) in [7, 11) is 0. The Labute approximate surface area is 211 Å². The van der Waals surface area contributed by atoms with Gasteiger partial charge in [0.05, 0.1) is 0 Å². The summed E-state index contributed by atoms with van der Waals surface area (Å²) < 4.78 is 1.75. The molecule has 0 aliphatic heterocycles. The summed E-state index contributed by atoms with van der Waals surface area (Å²) in [6.07, 6.45) is 0.338. The molecular weight excluding hydrogens is 568 g/mol. The highest BCUT2D eigenvalue weighted by Crippen LogP contribution is 2.27. The lowest BCUT2D eigenvalue weighted by Crippen LogP contribution is -2.45. The number of nitrogens with one attached hydrogen (secondary N) is 2. The Morgan fingerprint density at radius 1 is 0.879 bits per heavy atom. The van der Waals surface area contributed by atoms with Crippen LogP contribution in [0.15, 0.2) is 87.8 Å². The normalized spacial score (nSPS) is 11.6. The molecule has 4 aromatic rings. The minimum atomic E-state index is -0.793. The maximum atomic E-state index is 13.1. The Morgan fingerprint density at radius 3 is 2.36 bits per heavy atom. The Hall–Kier alpha value is -2.88. The predicted octanol–water partition coefficient (Wildman–Crippen LogP) is 5.71. The van der Waals surface area contributed by atoms with E-state index in [0.717, 1.165) is 20.1 Å². The molecule has 0 aliphatic carbocycles. The fourth-order valence-electron chi connectivity index (χ4n) is 3.11. The van der Waals surface area contributed by atoms with E-state index in [4.69, 9.17) is 0 Å². The van der Waals surface area contributed by atoms with Gasteiger partial charge in [0.25, 0.3) is 5.91 Å². The minimum absolute atomic E-state index is 0.333. The van der Waals surface area contributed by atoms with Gasteiger partial charge < -0.3 is 5.32 Å². The van der Waals surface area contributed by atoms with Crippen molar-refractivity contribution in [2.24, 2.45) is 0 Å². The Kier molecular flexibility index (Phi) is 7.64. The maximum absolute atomic E-state index is 13.1. The van der Waals surface area contributed by atoms with E-state index in [-0.39, 0.29) is 11.8 Å². The second kappa shape index (κ2) is 10.8. The fourth-order valence-corrected chi connectivity index (χ4v) is 4.52. The van der Waals surface area contributed by atoms with Gasteiger partial charge >= 0.3 is 0 Å². The quantitative estimate of drug-likeness (QED) is 0.291. The summed E-state index contributed by atoms with van der Waals surface area (Å²) >= 11 is 8.06. The summed E-state index contributed by atoms with van der Waals surface area (Å²) in [6.45, 7) is 0. The van der Waals surface area contributed by atoms with Crippen LogP contribution in [0, 0.1) is 0 Å². The highest BCUT2D eigenvalue weighted by molar-refractivity contribution is 9.10. The SMILES string of the molecule is O=C(N[C@@H](Cc1ccccc1)C(=O)Nc1nnc(-c2ccc(Br)cc2)s1)c1cccc(Br)c1. The molecule has 0 spiro atoms. The Bertz CT molecular complexity index is 1260. The molecule has 1 heterocycles.